The lowest BCUT2D eigenvalue weighted by Crippen LogP contribution is -2.33. The van der Waals surface area contributed by atoms with Gasteiger partial charge in [0.05, 0.1) is 10.9 Å². The molecule has 0 radical (unpaired) electrons. The van der Waals surface area contributed by atoms with Gasteiger partial charge in [-0.05, 0) is 30.5 Å². The van der Waals surface area contributed by atoms with Crippen LogP contribution in [0.25, 0.3) is 21.7 Å². The average molecular weight is 313 g/mol. The van der Waals surface area contributed by atoms with Crippen molar-refractivity contribution in [2.45, 2.75) is 19.5 Å². The van der Waals surface area contributed by atoms with Crippen LogP contribution in [0.4, 0.5) is 0 Å². The molecular weight excluding hydrogens is 298 g/mol. The molecule has 1 unspecified atom stereocenters. The highest BCUT2D eigenvalue weighted by Gasteiger charge is 2.16. The fourth-order valence-electron chi connectivity index (χ4n) is 2.50. The number of nitrogens with one attached hydrogen (secondary N) is 1. The maximum absolute atomic E-state index is 12.1. The Bertz CT molecular complexity index is 960. The van der Waals surface area contributed by atoms with E-state index in [0.29, 0.717) is 16.3 Å². The second kappa shape index (κ2) is 5.73. The molecule has 2 aromatic carbocycles. The van der Waals surface area contributed by atoms with E-state index in [-0.39, 0.29) is 17.9 Å². The molecule has 23 heavy (non-hydrogen) atoms. The summed E-state index contributed by atoms with van der Waals surface area (Å²) in [6.07, 6.45) is 0. The van der Waals surface area contributed by atoms with Gasteiger partial charge in [-0.25, -0.2) is 4.79 Å². The minimum absolute atomic E-state index is 0.0546. The van der Waals surface area contributed by atoms with Crippen LogP contribution in [-0.2, 0) is 11.3 Å². The Morgan fingerprint density at radius 2 is 1.87 bits per heavy atom. The van der Waals surface area contributed by atoms with E-state index in [2.05, 4.69) is 5.32 Å². The summed E-state index contributed by atoms with van der Waals surface area (Å²) >= 11 is 0. The lowest BCUT2D eigenvalue weighted by atomic mass is 10.0. The van der Waals surface area contributed by atoms with Crippen molar-refractivity contribution in [1.29, 1.82) is 0 Å². The molecule has 3 N–H and O–H groups in total. The molecule has 1 aromatic heterocycles. The van der Waals surface area contributed by atoms with E-state index in [9.17, 15) is 14.7 Å². The van der Waals surface area contributed by atoms with E-state index in [1.54, 1.807) is 18.2 Å². The van der Waals surface area contributed by atoms with Crippen LogP contribution in [0.3, 0.4) is 0 Å². The molecule has 0 aliphatic heterocycles. The summed E-state index contributed by atoms with van der Waals surface area (Å²) in [6, 6.07) is 9.45. The first-order valence-corrected chi connectivity index (χ1v) is 7.11. The zero-order valence-corrected chi connectivity index (χ0v) is 12.4. The van der Waals surface area contributed by atoms with Crippen molar-refractivity contribution in [3.63, 3.8) is 0 Å². The molecule has 1 heterocycles. The van der Waals surface area contributed by atoms with Crippen molar-refractivity contribution in [3.05, 3.63) is 52.4 Å². The normalized spacial score (nSPS) is 12.6. The molecule has 0 bridgehead atoms. The van der Waals surface area contributed by atoms with Crippen molar-refractivity contribution in [1.82, 2.24) is 5.32 Å². The van der Waals surface area contributed by atoms with Crippen molar-refractivity contribution in [3.8, 4) is 5.75 Å². The van der Waals surface area contributed by atoms with E-state index in [1.807, 2.05) is 12.1 Å². The summed E-state index contributed by atoms with van der Waals surface area (Å²) in [5, 5.41) is 23.7. The number of carboxylic acid groups (broad SMARTS) is 1. The average Bonchev–Trinajstić information content (AvgIpc) is 2.54. The first kappa shape index (κ1) is 15.1. The molecule has 0 amide bonds. The van der Waals surface area contributed by atoms with Gasteiger partial charge in [0, 0.05) is 11.9 Å². The van der Waals surface area contributed by atoms with Gasteiger partial charge in [0.25, 0.3) is 0 Å². The largest absolute Gasteiger partial charge is 0.507 e. The molecule has 0 spiro atoms. The molecule has 0 saturated heterocycles. The van der Waals surface area contributed by atoms with Gasteiger partial charge in [0.1, 0.15) is 17.4 Å². The minimum Gasteiger partial charge on any atom is -0.507 e. The smallest absolute Gasteiger partial charge is 0.344 e. The number of rotatable bonds is 4. The van der Waals surface area contributed by atoms with Gasteiger partial charge in [-0.3, -0.25) is 4.79 Å². The molecule has 3 aromatic rings. The van der Waals surface area contributed by atoms with Crippen LogP contribution in [0.1, 0.15) is 12.5 Å². The van der Waals surface area contributed by atoms with E-state index in [1.165, 1.54) is 13.0 Å². The Morgan fingerprint density at radius 1 is 1.17 bits per heavy atom. The number of hydrogen-bond donors (Lipinski definition) is 3. The SMILES string of the molecule is CC(NCc1c(O)ccc2c1oc(=O)c1ccccc12)C(=O)O. The van der Waals surface area contributed by atoms with Gasteiger partial charge in [0.2, 0.25) is 0 Å². The summed E-state index contributed by atoms with van der Waals surface area (Å²) < 4.78 is 5.38. The maximum Gasteiger partial charge on any atom is 0.344 e. The molecule has 6 nitrogen and oxygen atoms in total. The van der Waals surface area contributed by atoms with Crippen molar-refractivity contribution in [2.24, 2.45) is 0 Å². The van der Waals surface area contributed by atoms with Crippen molar-refractivity contribution >= 4 is 27.7 Å². The molecule has 1 atom stereocenters. The number of benzene rings is 2. The topological polar surface area (TPSA) is 99.8 Å². The monoisotopic (exact) mass is 313 g/mol. The summed E-state index contributed by atoms with van der Waals surface area (Å²) in [5.74, 6) is -1.06. The summed E-state index contributed by atoms with van der Waals surface area (Å²) in [5.41, 5.74) is 0.128. The van der Waals surface area contributed by atoms with Crippen molar-refractivity contribution < 1.29 is 19.4 Å². The molecule has 0 fully saturated rings. The highest BCUT2D eigenvalue weighted by atomic mass is 16.4. The first-order chi connectivity index (χ1) is 11.0. The van der Waals surface area contributed by atoms with E-state index in [0.717, 1.165) is 5.39 Å². The van der Waals surface area contributed by atoms with E-state index in [4.69, 9.17) is 9.52 Å². The Kier molecular flexibility index (Phi) is 3.75. The van der Waals surface area contributed by atoms with Crippen LogP contribution in [0.5, 0.6) is 5.75 Å². The zero-order chi connectivity index (χ0) is 16.6. The number of carboxylic acids is 1. The number of carbonyl (C=O) groups is 1. The third-order valence-corrected chi connectivity index (χ3v) is 3.82. The number of aliphatic carboxylic acids is 1. The molecule has 6 heteroatoms. The zero-order valence-electron chi connectivity index (χ0n) is 12.4. The van der Waals surface area contributed by atoms with Crippen LogP contribution < -0.4 is 10.9 Å². The third-order valence-electron chi connectivity index (χ3n) is 3.82. The second-order valence-electron chi connectivity index (χ2n) is 5.32. The molecule has 0 aliphatic rings. The Balaban J connectivity index is 2.19. The third kappa shape index (κ3) is 2.64. The van der Waals surface area contributed by atoms with Crippen LogP contribution in [-0.4, -0.2) is 22.2 Å². The number of phenols is 1. The van der Waals surface area contributed by atoms with E-state index < -0.39 is 17.6 Å². The van der Waals surface area contributed by atoms with Crippen LogP contribution in [0, 0.1) is 0 Å². The van der Waals surface area contributed by atoms with E-state index >= 15 is 0 Å². The molecular formula is C17H15NO5. The molecule has 0 saturated carbocycles. The second-order valence-corrected chi connectivity index (χ2v) is 5.32. The minimum atomic E-state index is -1.00. The van der Waals surface area contributed by atoms with Gasteiger partial charge >= 0.3 is 11.6 Å². The number of phenolic OH excluding ortho intramolecular Hbond substituents is 1. The Labute approximate surface area is 131 Å². The first-order valence-electron chi connectivity index (χ1n) is 7.11. The molecule has 3 rings (SSSR count). The molecule has 0 aliphatic carbocycles. The van der Waals surface area contributed by atoms with Crippen molar-refractivity contribution in [2.75, 3.05) is 0 Å². The van der Waals surface area contributed by atoms with Crippen LogP contribution in [0.2, 0.25) is 0 Å². The van der Waals surface area contributed by atoms with Gasteiger partial charge < -0.3 is 19.9 Å². The Hall–Kier alpha value is -2.86. The van der Waals surface area contributed by atoms with Gasteiger partial charge in [-0.2, -0.15) is 0 Å². The van der Waals surface area contributed by atoms with Gasteiger partial charge in [-0.1, -0.05) is 18.2 Å². The fraction of sp³-hybridized carbons (Fsp3) is 0.176. The summed E-state index contributed by atoms with van der Waals surface area (Å²) in [6.45, 7) is 1.56. The number of aromatic hydroxyl groups is 1. The summed E-state index contributed by atoms with van der Waals surface area (Å²) in [7, 11) is 0. The quantitative estimate of drug-likeness (QED) is 0.504. The molecule has 118 valence electrons. The number of fused-ring (bicyclic) bond motifs is 3. The lowest BCUT2D eigenvalue weighted by molar-refractivity contribution is -0.139. The lowest BCUT2D eigenvalue weighted by Gasteiger charge is -2.12. The highest BCUT2D eigenvalue weighted by molar-refractivity contribution is 6.05. The van der Waals surface area contributed by atoms with Gasteiger partial charge in [-0.15, -0.1) is 0 Å². The summed E-state index contributed by atoms with van der Waals surface area (Å²) in [4.78, 5) is 23.0. The van der Waals surface area contributed by atoms with Gasteiger partial charge in [0.15, 0.2) is 0 Å². The van der Waals surface area contributed by atoms with Crippen LogP contribution in [0.15, 0.2) is 45.6 Å². The fourth-order valence-corrected chi connectivity index (χ4v) is 2.50. The predicted octanol–water partition coefficient (Wildman–Crippen LogP) is 2.21. The standard InChI is InChI=1S/C17H15NO5/c1-9(16(20)21)18-8-13-14(19)7-6-11-10-4-2-3-5-12(10)17(22)23-15(11)13/h2-7,9,18-19H,8H2,1H3,(H,20,21). The van der Waals surface area contributed by atoms with Crippen LogP contribution >= 0.6 is 0 Å². The predicted molar refractivity (Wildman–Crippen MR) is 85.6 cm³/mol. The number of hydrogen-bond acceptors (Lipinski definition) is 5. The Morgan fingerprint density at radius 3 is 2.57 bits per heavy atom. The maximum atomic E-state index is 12.1. The highest BCUT2D eigenvalue weighted by Crippen LogP contribution is 2.30.